The van der Waals surface area contributed by atoms with Gasteiger partial charge in [-0.25, -0.2) is 4.39 Å². The average Bonchev–Trinajstić information content (AvgIpc) is 3.33. The third-order valence-electron chi connectivity index (χ3n) is 4.46. The number of amides is 1. The molecule has 0 atom stereocenters. The summed E-state index contributed by atoms with van der Waals surface area (Å²) in [6.07, 6.45) is 0. The topological polar surface area (TPSA) is 73.0 Å². The van der Waals surface area contributed by atoms with Gasteiger partial charge in [-0.05, 0) is 43.3 Å². The number of benzene rings is 2. The Morgan fingerprint density at radius 2 is 1.83 bits per heavy atom. The Balaban J connectivity index is 1.49. The SMILES string of the molecule is Cc1cc(NC(=O)c2cc(-c3ccc(F)cc3)on2)nn1Cc1c(Cl)cccc1Cl. The van der Waals surface area contributed by atoms with Crippen LogP contribution in [0.25, 0.3) is 11.3 Å². The number of carbonyl (C=O) groups is 1. The Morgan fingerprint density at radius 3 is 2.53 bits per heavy atom. The van der Waals surface area contributed by atoms with Gasteiger partial charge in [0.15, 0.2) is 17.3 Å². The van der Waals surface area contributed by atoms with Crippen LogP contribution in [-0.4, -0.2) is 20.8 Å². The first kappa shape index (κ1) is 20.1. The first-order chi connectivity index (χ1) is 14.4. The maximum atomic E-state index is 13.1. The highest BCUT2D eigenvalue weighted by Gasteiger charge is 2.16. The first-order valence-corrected chi connectivity index (χ1v) is 9.67. The quantitative estimate of drug-likeness (QED) is 0.435. The summed E-state index contributed by atoms with van der Waals surface area (Å²) >= 11 is 12.5. The summed E-state index contributed by atoms with van der Waals surface area (Å²) in [7, 11) is 0. The summed E-state index contributed by atoms with van der Waals surface area (Å²) in [4.78, 5) is 12.5. The second kappa shape index (κ2) is 8.30. The van der Waals surface area contributed by atoms with E-state index in [4.69, 9.17) is 27.7 Å². The van der Waals surface area contributed by atoms with Crippen LogP contribution in [0.4, 0.5) is 10.2 Å². The summed E-state index contributed by atoms with van der Waals surface area (Å²) in [5.41, 5.74) is 2.24. The summed E-state index contributed by atoms with van der Waals surface area (Å²) in [6, 6.07) is 14.2. The van der Waals surface area contributed by atoms with E-state index in [2.05, 4.69) is 15.6 Å². The molecule has 0 radical (unpaired) electrons. The molecule has 0 spiro atoms. The van der Waals surface area contributed by atoms with Crippen molar-refractivity contribution in [2.45, 2.75) is 13.5 Å². The number of carbonyl (C=O) groups excluding carboxylic acids is 1. The summed E-state index contributed by atoms with van der Waals surface area (Å²) in [5, 5.41) is 11.9. The minimum absolute atomic E-state index is 0.0793. The van der Waals surface area contributed by atoms with Gasteiger partial charge in [0.2, 0.25) is 0 Å². The van der Waals surface area contributed by atoms with Gasteiger partial charge in [-0.15, -0.1) is 0 Å². The lowest BCUT2D eigenvalue weighted by molar-refractivity contribution is 0.101. The van der Waals surface area contributed by atoms with E-state index in [0.717, 1.165) is 11.3 Å². The van der Waals surface area contributed by atoms with Crippen molar-refractivity contribution >= 4 is 34.9 Å². The molecular formula is C21H15Cl2FN4O2. The van der Waals surface area contributed by atoms with Gasteiger partial charge in [-0.3, -0.25) is 9.48 Å². The molecule has 9 heteroatoms. The van der Waals surface area contributed by atoms with Crippen molar-refractivity contribution < 1.29 is 13.7 Å². The molecule has 2 aromatic carbocycles. The normalized spacial score (nSPS) is 10.9. The van der Waals surface area contributed by atoms with Crippen LogP contribution in [0, 0.1) is 12.7 Å². The van der Waals surface area contributed by atoms with E-state index in [1.807, 2.05) is 6.92 Å². The highest BCUT2D eigenvalue weighted by molar-refractivity contribution is 6.35. The fourth-order valence-electron chi connectivity index (χ4n) is 2.88. The van der Waals surface area contributed by atoms with Crippen LogP contribution in [0.3, 0.4) is 0 Å². The van der Waals surface area contributed by atoms with Gasteiger partial charge in [0.1, 0.15) is 5.82 Å². The van der Waals surface area contributed by atoms with Gasteiger partial charge in [-0.2, -0.15) is 5.10 Å². The van der Waals surface area contributed by atoms with E-state index in [1.54, 1.807) is 41.1 Å². The number of halogens is 3. The maximum absolute atomic E-state index is 13.1. The zero-order chi connectivity index (χ0) is 21.3. The predicted octanol–water partition coefficient (Wildman–Crippen LogP) is 5.59. The molecule has 4 rings (SSSR count). The number of anilines is 1. The van der Waals surface area contributed by atoms with Crippen molar-refractivity contribution in [1.29, 1.82) is 0 Å². The lowest BCUT2D eigenvalue weighted by atomic mass is 10.1. The van der Waals surface area contributed by atoms with Gasteiger partial charge in [-0.1, -0.05) is 34.4 Å². The lowest BCUT2D eigenvalue weighted by Gasteiger charge is -2.08. The summed E-state index contributed by atoms with van der Waals surface area (Å²) in [6.45, 7) is 2.22. The summed E-state index contributed by atoms with van der Waals surface area (Å²) in [5.74, 6) is -0.130. The highest BCUT2D eigenvalue weighted by Crippen LogP contribution is 2.26. The first-order valence-electron chi connectivity index (χ1n) is 8.92. The Kier molecular flexibility index (Phi) is 5.57. The van der Waals surface area contributed by atoms with Crippen molar-refractivity contribution in [3.63, 3.8) is 0 Å². The molecule has 0 aliphatic rings. The molecule has 1 N–H and O–H groups in total. The molecule has 0 bridgehead atoms. The van der Waals surface area contributed by atoms with Gasteiger partial charge in [0, 0.05) is 39.0 Å². The average molecular weight is 445 g/mol. The molecule has 0 saturated heterocycles. The molecule has 4 aromatic rings. The Bertz CT molecular complexity index is 1200. The van der Waals surface area contributed by atoms with Gasteiger partial charge in [0.25, 0.3) is 5.91 Å². The fourth-order valence-corrected chi connectivity index (χ4v) is 3.39. The van der Waals surface area contributed by atoms with Crippen LogP contribution in [0.15, 0.2) is 59.1 Å². The Labute approximate surface area is 181 Å². The molecule has 0 saturated carbocycles. The number of rotatable bonds is 5. The molecule has 0 aliphatic carbocycles. The monoisotopic (exact) mass is 444 g/mol. The zero-order valence-electron chi connectivity index (χ0n) is 15.7. The van der Waals surface area contributed by atoms with Crippen LogP contribution in [0.1, 0.15) is 21.7 Å². The van der Waals surface area contributed by atoms with E-state index in [1.165, 1.54) is 18.2 Å². The molecule has 1 amide bonds. The minimum Gasteiger partial charge on any atom is -0.355 e. The fraction of sp³-hybridized carbons (Fsp3) is 0.0952. The van der Waals surface area contributed by atoms with E-state index in [-0.39, 0.29) is 11.5 Å². The van der Waals surface area contributed by atoms with Crippen molar-refractivity contribution in [2.75, 3.05) is 5.32 Å². The lowest BCUT2D eigenvalue weighted by Crippen LogP contribution is -2.13. The second-order valence-corrected chi connectivity index (χ2v) is 7.38. The van der Waals surface area contributed by atoms with Crippen LogP contribution < -0.4 is 5.32 Å². The van der Waals surface area contributed by atoms with Crippen molar-refractivity contribution in [2.24, 2.45) is 0 Å². The molecule has 0 fully saturated rings. The van der Waals surface area contributed by atoms with Gasteiger partial charge >= 0.3 is 0 Å². The smallest absolute Gasteiger partial charge is 0.279 e. The summed E-state index contributed by atoms with van der Waals surface area (Å²) < 4.78 is 19.9. The largest absolute Gasteiger partial charge is 0.355 e. The van der Waals surface area contributed by atoms with Crippen LogP contribution in [0.5, 0.6) is 0 Å². The number of hydrogen-bond donors (Lipinski definition) is 1. The number of hydrogen-bond acceptors (Lipinski definition) is 4. The Hall–Kier alpha value is -3.16. The number of aromatic nitrogens is 3. The van der Waals surface area contributed by atoms with E-state index >= 15 is 0 Å². The molecule has 6 nitrogen and oxygen atoms in total. The number of aryl methyl sites for hydroxylation is 1. The van der Waals surface area contributed by atoms with E-state index in [9.17, 15) is 9.18 Å². The molecular weight excluding hydrogens is 430 g/mol. The van der Waals surface area contributed by atoms with E-state index in [0.29, 0.717) is 33.7 Å². The predicted molar refractivity (Wildman–Crippen MR) is 112 cm³/mol. The third kappa shape index (κ3) is 4.22. The highest BCUT2D eigenvalue weighted by atomic mass is 35.5. The number of nitrogens with one attached hydrogen (secondary N) is 1. The van der Waals surface area contributed by atoms with Crippen LogP contribution in [-0.2, 0) is 6.54 Å². The molecule has 152 valence electrons. The van der Waals surface area contributed by atoms with Gasteiger partial charge in [0.05, 0.1) is 6.54 Å². The van der Waals surface area contributed by atoms with Crippen molar-refractivity contribution in [3.8, 4) is 11.3 Å². The van der Waals surface area contributed by atoms with Crippen molar-refractivity contribution in [3.05, 3.63) is 87.4 Å². The Morgan fingerprint density at radius 1 is 1.13 bits per heavy atom. The molecule has 2 aromatic heterocycles. The maximum Gasteiger partial charge on any atom is 0.279 e. The second-order valence-electron chi connectivity index (χ2n) is 6.57. The molecule has 0 aliphatic heterocycles. The minimum atomic E-state index is -0.479. The standard InChI is InChI=1S/C21H15Cl2FN4O2/c1-12-9-20(26-28(12)11-15-16(22)3-2-4-17(15)23)25-21(29)18-10-19(30-27-18)13-5-7-14(24)8-6-13/h2-10H,11H2,1H3,(H,25,26,29). The number of nitrogens with zero attached hydrogens (tertiary/aromatic N) is 3. The molecule has 30 heavy (non-hydrogen) atoms. The van der Waals surface area contributed by atoms with Gasteiger partial charge < -0.3 is 9.84 Å². The van der Waals surface area contributed by atoms with E-state index < -0.39 is 5.91 Å². The third-order valence-corrected chi connectivity index (χ3v) is 5.17. The van der Waals surface area contributed by atoms with Crippen LogP contribution >= 0.6 is 23.2 Å². The zero-order valence-corrected chi connectivity index (χ0v) is 17.2. The van der Waals surface area contributed by atoms with Crippen molar-refractivity contribution in [1.82, 2.24) is 14.9 Å². The molecule has 2 heterocycles. The van der Waals surface area contributed by atoms with Crippen LogP contribution in [0.2, 0.25) is 10.0 Å². The molecule has 0 unspecified atom stereocenters.